The predicted molar refractivity (Wildman–Crippen MR) is 126 cm³/mol. The molecule has 0 aliphatic rings. The van der Waals surface area contributed by atoms with Crippen molar-refractivity contribution in [2.75, 3.05) is 16.4 Å². The number of hydrogen-bond donors (Lipinski definition) is 2. The van der Waals surface area contributed by atoms with Gasteiger partial charge in [-0.05, 0) is 67.9 Å². The van der Waals surface area contributed by atoms with E-state index in [2.05, 4.69) is 10.6 Å². The number of carbonyl (C=O) groups is 2. The molecule has 0 saturated carbocycles. The Kier molecular flexibility index (Phi) is 7.43. The highest BCUT2D eigenvalue weighted by Gasteiger charge is 2.11. The first-order chi connectivity index (χ1) is 14.3. The summed E-state index contributed by atoms with van der Waals surface area (Å²) in [4.78, 5) is 25.5. The minimum Gasteiger partial charge on any atom is -0.325 e. The van der Waals surface area contributed by atoms with Gasteiger partial charge in [0, 0.05) is 21.3 Å². The molecule has 0 radical (unpaired) electrons. The number of nitrogens with one attached hydrogen (secondary N) is 2. The first-order valence-electron chi connectivity index (χ1n) is 9.18. The largest absolute Gasteiger partial charge is 0.325 e. The topological polar surface area (TPSA) is 58.2 Å². The van der Waals surface area contributed by atoms with Crippen LogP contribution in [-0.4, -0.2) is 17.6 Å². The number of amides is 2. The van der Waals surface area contributed by atoms with E-state index in [0.29, 0.717) is 27.0 Å². The Balaban J connectivity index is 1.54. The molecule has 0 unspecified atom stereocenters. The third-order valence-corrected chi connectivity index (χ3v) is 5.87. The number of thioether (sulfide) groups is 1. The van der Waals surface area contributed by atoms with E-state index in [1.165, 1.54) is 17.8 Å². The van der Waals surface area contributed by atoms with Crippen LogP contribution < -0.4 is 10.6 Å². The van der Waals surface area contributed by atoms with Gasteiger partial charge < -0.3 is 10.6 Å². The van der Waals surface area contributed by atoms with Gasteiger partial charge in [0.1, 0.15) is 0 Å². The van der Waals surface area contributed by atoms with E-state index in [0.717, 1.165) is 21.7 Å². The van der Waals surface area contributed by atoms with E-state index in [-0.39, 0.29) is 11.8 Å². The average molecular weight is 459 g/mol. The van der Waals surface area contributed by atoms with E-state index in [9.17, 15) is 9.59 Å². The minimum atomic E-state index is -0.315. The van der Waals surface area contributed by atoms with Gasteiger partial charge in [0.05, 0.1) is 16.3 Å². The minimum absolute atomic E-state index is 0.0679. The van der Waals surface area contributed by atoms with E-state index >= 15 is 0 Å². The van der Waals surface area contributed by atoms with Crippen LogP contribution in [0.25, 0.3) is 0 Å². The molecule has 3 aromatic carbocycles. The molecule has 3 aromatic rings. The van der Waals surface area contributed by atoms with Crippen molar-refractivity contribution >= 4 is 58.2 Å². The molecule has 0 aromatic heterocycles. The van der Waals surface area contributed by atoms with Crippen molar-refractivity contribution < 1.29 is 9.59 Å². The lowest BCUT2D eigenvalue weighted by atomic mass is 10.1. The molecule has 3 rings (SSSR count). The van der Waals surface area contributed by atoms with Crippen LogP contribution in [0.4, 0.5) is 11.4 Å². The van der Waals surface area contributed by atoms with Crippen LogP contribution in [0.1, 0.15) is 21.5 Å². The Bertz CT molecular complexity index is 1090. The summed E-state index contributed by atoms with van der Waals surface area (Å²) in [7, 11) is 0. The summed E-state index contributed by atoms with van der Waals surface area (Å²) in [6, 6.07) is 17.9. The van der Waals surface area contributed by atoms with E-state index in [1.54, 1.807) is 24.3 Å². The summed E-state index contributed by atoms with van der Waals surface area (Å²) in [5.74, 6) is -0.0917. The quantitative estimate of drug-likeness (QED) is 0.409. The lowest BCUT2D eigenvalue weighted by molar-refractivity contribution is -0.113. The van der Waals surface area contributed by atoms with Crippen molar-refractivity contribution in [2.45, 2.75) is 18.7 Å². The second kappa shape index (κ2) is 10.0. The molecule has 0 fully saturated rings. The van der Waals surface area contributed by atoms with Crippen LogP contribution in [0.3, 0.4) is 0 Å². The predicted octanol–water partition coefficient (Wildman–Crippen LogP) is 6.59. The maximum atomic E-state index is 12.4. The lowest BCUT2D eigenvalue weighted by Gasteiger charge is -2.10. The summed E-state index contributed by atoms with van der Waals surface area (Å²) in [6.07, 6.45) is 0. The smallest absolute Gasteiger partial charge is 0.257 e. The maximum Gasteiger partial charge on any atom is 0.257 e. The number of halogens is 2. The SMILES string of the molecule is Cc1ccc(NC(=O)CSc2ccc(NC(=O)c3ccc(Cl)cc3Cl)cc2)c(C)c1. The van der Waals surface area contributed by atoms with Crippen molar-refractivity contribution in [3.05, 3.63) is 87.4 Å². The van der Waals surface area contributed by atoms with Crippen molar-refractivity contribution in [2.24, 2.45) is 0 Å². The van der Waals surface area contributed by atoms with Gasteiger partial charge in [-0.2, -0.15) is 0 Å². The third kappa shape index (κ3) is 6.02. The molecule has 4 nitrogen and oxygen atoms in total. The molecule has 154 valence electrons. The highest BCUT2D eigenvalue weighted by molar-refractivity contribution is 8.00. The first kappa shape index (κ1) is 22.2. The molecule has 0 heterocycles. The van der Waals surface area contributed by atoms with Crippen LogP contribution in [0.15, 0.2) is 65.6 Å². The second-order valence-corrected chi connectivity index (χ2v) is 8.65. The van der Waals surface area contributed by atoms with Crippen molar-refractivity contribution in [1.82, 2.24) is 0 Å². The van der Waals surface area contributed by atoms with Crippen LogP contribution in [-0.2, 0) is 4.79 Å². The molecule has 30 heavy (non-hydrogen) atoms. The molecular weight excluding hydrogens is 439 g/mol. The Hall–Kier alpha value is -2.47. The molecular formula is C23H20Cl2N2O2S. The lowest BCUT2D eigenvalue weighted by Crippen LogP contribution is -2.14. The summed E-state index contributed by atoms with van der Waals surface area (Å²) >= 11 is 13.4. The second-order valence-electron chi connectivity index (χ2n) is 6.76. The van der Waals surface area contributed by atoms with Gasteiger partial charge in [0.2, 0.25) is 5.91 Å². The number of anilines is 2. The van der Waals surface area contributed by atoms with Gasteiger partial charge in [-0.25, -0.2) is 0 Å². The Labute approximate surface area is 190 Å². The standard InChI is InChI=1S/C23H20Cl2N2O2S/c1-14-3-10-21(15(2)11-14)27-22(28)13-30-18-7-5-17(6-8-18)26-23(29)19-9-4-16(24)12-20(19)25/h3-12H,13H2,1-2H3,(H,26,29)(H,27,28). The molecule has 0 saturated heterocycles. The van der Waals surface area contributed by atoms with E-state index in [1.807, 2.05) is 44.2 Å². The zero-order valence-corrected chi connectivity index (χ0v) is 18.8. The summed E-state index contributed by atoms with van der Waals surface area (Å²) in [5, 5.41) is 6.50. The van der Waals surface area contributed by atoms with Crippen molar-refractivity contribution in [3.8, 4) is 0 Å². The summed E-state index contributed by atoms with van der Waals surface area (Å²) in [5.41, 5.74) is 4.00. The van der Waals surface area contributed by atoms with E-state index < -0.39 is 0 Å². The van der Waals surface area contributed by atoms with Crippen molar-refractivity contribution in [3.63, 3.8) is 0 Å². The Morgan fingerprint density at radius 3 is 2.30 bits per heavy atom. The van der Waals surface area contributed by atoms with E-state index in [4.69, 9.17) is 23.2 Å². The molecule has 0 atom stereocenters. The number of rotatable bonds is 6. The molecule has 0 aliphatic heterocycles. The molecule has 0 bridgehead atoms. The van der Waals surface area contributed by atoms with Gasteiger partial charge in [-0.15, -0.1) is 11.8 Å². The Morgan fingerprint density at radius 2 is 1.63 bits per heavy atom. The number of benzene rings is 3. The van der Waals surface area contributed by atoms with Crippen LogP contribution >= 0.6 is 35.0 Å². The monoisotopic (exact) mass is 458 g/mol. The van der Waals surface area contributed by atoms with Crippen LogP contribution in [0.2, 0.25) is 10.0 Å². The summed E-state index contributed by atoms with van der Waals surface area (Å²) in [6.45, 7) is 3.99. The van der Waals surface area contributed by atoms with Crippen LogP contribution in [0.5, 0.6) is 0 Å². The fraction of sp³-hybridized carbons (Fsp3) is 0.130. The average Bonchev–Trinajstić information content (AvgIpc) is 2.69. The number of carbonyl (C=O) groups excluding carboxylic acids is 2. The van der Waals surface area contributed by atoms with Gasteiger partial charge in [-0.1, -0.05) is 40.9 Å². The fourth-order valence-corrected chi connectivity index (χ4v) is 3.99. The zero-order valence-electron chi connectivity index (χ0n) is 16.5. The van der Waals surface area contributed by atoms with Gasteiger partial charge >= 0.3 is 0 Å². The van der Waals surface area contributed by atoms with Gasteiger partial charge in [0.25, 0.3) is 5.91 Å². The fourth-order valence-electron chi connectivity index (χ4n) is 2.80. The molecule has 0 aliphatic carbocycles. The molecule has 7 heteroatoms. The summed E-state index contributed by atoms with van der Waals surface area (Å²) < 4.78 is 0. The normalized spacial score (nSPS) is 10.5. The van der Waals surface area contributed by atoms with Crippen LogP contribution in [0, 0.1) is 13.8 Å². The Morgan fingerprint density at radius 1 is 0.900 bits per heavy atom. The number of aryl methyl sites for hydroxylation is 2. The highest BCUT2D eigenvalue weighted by atomic mass is 35.5. The van der Waals surface area contributed by atoms with Crippen molar-refractivity contribution in [1.29, 1.82) is 0 Å². The molecule has 0 spiro atoms. The van der Waals surface area contributed by atoms with Gasteiger partial charge in [0.15, 0.2) is 0 Å². The van der Waals surface area contributed by atoms with Gasteiger partial charge in [-0.3, -0.25) is 9.59 Å². The highest BCUT2D eigenvalue weighted by Crippen LogP contribution is 2.24. The number of hydrogen-bond acceptors (Lipinski definition) is 3. The molecule has 2 amide bonds. The molecule has 2 N–H and O–H groups in total. The zero-order chi connectivity index (χ0) is 21.7. The maximum absolute atomic E-state index is 12.4. The first-order valence-corrected chi connectivity index (χ1v) is 10.9. The third-order valence-electron chi connectivity index (χ3n) is 4.31.